The molecule has 0 radical (unpaired) electrons. The molecule has 0 aliphatic carbocycles. The fraction of sp³-hybridized carbons (Fsp3) is 0.280. The highest BCUT2D eigenvalue weighted by Gasteiger charge is 2.49. The van der Waals surface area contributed by atoms with E-state index in [-0.39, 0.29) is 6.61 Å². The van der Waals surface area contributed by atoms with Crippen LogP contribution in [0, 0.1) is 0 Å². The summed E-state index contributed by atoms with van der Waals surface area (Å²) in [6, 6.07) is 36.3. The molecule has 5 aliphatic rings. The van der Waals surface area contributed by atoms with Gasteiger partial charge in [-0.1, -0.05) is 18.2 Å². The molecule has 0 saturated carbocycles. The summed E-state index contributed by atoms with van der Waals surface area (Å²) >= 11 is 0. The minimum atomic E-state index is -1.28. The summed E-state index contributed by atoms with van der Waals surface area (Å²) in [5.41, 5.74) is 5.28. The van der Waals surface area contributed by atoms with Crippen molar-refractivity contribution >= 4 is 0 Å². The van der Waals surface area contributed by atoms with Crippen molar-refractivity contribution in [2.24, 2.45) is 0 Å². The molecule has 12 nitrogen and oxygen atoms in total. The molecule has 12 heteroatoms. The van der Waals surface area contributed by atoms with Crippen molar-refractivity contribution in [3.05, 3.63) is 154 Å². The minimum Gasteiger partial charge on any atom is -0.497 e. The number of para-hydroxylation sites is 1. The lowest BCUT2D eigenvalue weighted by Crippen LogP contribution is -2.41. The molecule has 5 heterocycles. The van der Waals surface area contributed by atoms with Gasteiger partial charge in [0.05, 0.1) is 66.9 Å². The van der Waals surface area contributed by atoms with Crippen molar-refractivity contribution in [2.75, 3.05) is 47.8 Å². The average Bonchev–Trinajstić information content (AvgIpc) is 3.58. The number of benzene rings is 6. The summed E-state index contributed by atoms with van der Waals surface area (Å²) in [4.78, 5) is 0. The van der Waals surface area contributed by atoms with Crippen LogP contribution in [-0.2, 0) is 52.4 Å². The molecule has 5 aliphatic heterocycles. The first-order valence-electron chi connectivity index (χ1n) is 20.8. The van der Waals surface area contributed by atoms with Crippen molar-refractivity contribution in [1.82, 2.24) is 0 Å². The van der Waals surface area contributed by atoms with E-state index in [1.165, 1.54) is 0 Å². The Kier molecular flexibility index (Phi) is 9.60. The summed E-state index contributed by atoms with van der Waals surface area (Å²) in [5, 5.41) is 0. The maximum absolute atomic E-state index is 6.73. The summed E-state index contributed by atoms with van der Waals surface area (Å²) in [6.45, 7) is 2.33. The second-order valence-corrected chi connectivity index (χ2v) is 15.6. The van der Waals surface area contributed by atoms with Crippen LogP contribution in [0.25, 0.3) is 0 Å². The molecule has 0 atom stereocenters. The molecule has 0 unspecified atom stereocenters. The lowest BCUT2D eigenvalue weighted by atomic mass is 9.91. The van der Waals surface area contributed by atoms with Gasteiger partial charge in [-0.15, -0.1) is 0 Å². The standard InChI is InChI=1S/C50H44O12/c1-51-32-12-17-43-38(26-32)48(52-2,53-3)37-16-11-31(25-47(37)62-43)30-54-33-13-18-44-39(27-33)50(55-21-6-7-22-56-50)41-29-35(15-20-46(41)61-44)59-34-14-19-45-40(28-34)49(57-23-8-24-58-49)36-9-4-5-10-42(36)60-45/h4-5,9-20,25-29H,6-8,21-24,30H2,1-3H3. The smallest absolute Gasteiger partial charge is 0.229 e. The van der Waals surface area contributed by atoms with Gasteiger partial charge in [0.2, 0.25) is 17.4 Å². The van der Waals surface area contributed by atoms with E-state index in [1.807, 2.05) is 115 Å². The van der Waals surface area contributed by atoms with Gasteiger partial charge in [-0.2, -0.15) is 0 Å². The molecule has 316 valence electrons. The Morgan fingerprint density at radius 1 is 0.435 bits per heavy atom. The van der Waals surface area contributed by atoms with Crippen LogP contribution in [0.5, 0.6) is 57.5 Å². The second kappa shape index (κ2) is 15.3. The van der Waals surface area contributed by atoms with E-state index < -0.39 is 17.4 Å². The van der Waals surface area contributed by atoms with Crippen LogP contribution in [0.1, 0.15) is 58.2 Å². The van der Waals surface area contributed by atoms with Gasteiger partial charge in [0, 0.05) is 14.2 Å². The highest BCUT2D eigenvalue weighted by molar-refractivity contribution is 5.61. The third kappa shape index (κ3) is 6.20. The van der Waals surface area contributed by atoms with E-state index in [9.17, 15) is 0 Å². The maximum Gasteiger partial charge on any atom is 0.229 e. The minimum absolute atomic E-state index is 0.247. The average molecular weight is 837 g/mol. The first kappa shape index (κ1) is 38.8. The van der Waals surface area contributed by atoms with Gasteiger partial charge in [-0.3, -0.25) is 0 Å². The molecular weight excluding hydrogens is 793 g/mol. The fourth-order valence-corrected chi connectivity index (χ4v) is 9.05. The van der Waals surface area contributed by atoms with Crippen molar-refractivity contribution < 1.29 is 56.8 Å². The number of hydrogen-bond donors (Lipinski definition) is 0. The molecule has 2 spiro atoms. The Labute approximate surface area is 358 Å². The van der Waals surface area contributed by atoms with Gasteiger partial charge >= 0.3 is 0 Å². The molecule has 2 fully saturated rings. The predicted octanol–water partition coefficient (Wildman–Crippen LogP) is 10.5. The molecule has 0 amide bonds. The third-order valence-corrected chi connectivity index (χ3v) is 12.0. The molecule has 0 N–H and O–H groups in total. The molecule has 6 aromatic carbocycles. The van der Waals surface area contributed by atoms with Gasteiger partial charge in [-0.25, -0.2) is 0 Å². The van der Waals surface area contributed by atoms with Gasteiger partial charge in [0.25, 0.3) is 0 Å². The van der Waals surface area contributed by atoms with Crippen LogP contribution in [0.3, 0.4) is 0 Å². The SMILES string of the molecule is COc1ccc2c(c1)C(OC)(OC)c1ccc(COc3ccc4c(c3)C3(OCCCCO3)c3cc(Oc5ccc6c(c5)C5(OCCCO5)c5ccccc5O6)ccc3O4)cc1O2. The lowest BCUT2D eigenvalue weighted by Gasteiger charge is -2.41. The largest absolute Gasteiger partial charge is 0.497 e. The van der Waals surface area contributed by atoms with Gasteiger partial charge < -0.3 is 56.8 Å². The van der Waals surface area contributed by atoms with Crippen molar-refractivity contribution in [3.8, 4) is 57.5 Å². The van der Waals surface area contributed by atoms with Crippen LogP contribution in [0.4, 0.5) is 0 Å². The van der Waals surface area contributed by atoms with Crippen LogP contribution in [0.15, 0.2) is 115 Å². The summed E-state index contributed by atoms with van der Waals surface area (Å²) in [7, 11) is 4.84. The predicted molar refractivity (Wildman–Crippen MR) is 224 cm³/mol. The highest BCUT2D eigenvalue weighted by Crippen LogP contribution is 2.55. The lowest BCUT2D eigenvalue weighted by molar-refractivity contribution is -0.252. The zero-order valence-corrected chi connectivity index (χ0v) is 34.5. The van der Waals surface area contributed by atoms with E-state index >= 15 is 0 Å². The Morgan fingerprint density at radius 3 is 1.56 bits per heavy atom. The number of rotatable bonds is 8. The Balaban J connectivity index is 0.884. The van der Waals surface area contributed by atoms with Gasteiger partial charge in [-0.05, 0) is 122 Å². The first-order valence-corrected chi connectivity index (χ1v) is 20.8. The molecular formula is C50H44O12. The third-order valence-electron chi connectivity index (χ3n) is 12.0. The Morgan fingerprint density at radius 2 is 0.935 bits per heavy atom. The normalized spacial score (nSPS) is 18.2. The number of ether oxygens (including phenoxy) is 12. The second-order valence-electron chi connectivity index (χ2n) is 15.6. The highest BCUT2D eigenvalue weighted by atomic mass is 16.7. The van der Waals surface area contributed by atoms with Crippen LogP contribution >= 0.6 is 0 Å². The topological polar surface area (TPSA) is 111 Å². The number of hydrogen-bond acceptors (Lipinski definition) is 12. The van der Waals surface area contributed by atoms with Crippen LogP contribution < -0.4 is 28.4 Å². The van der Waals surface area contributed by atoms with E-state index in [0.29, 0.717) is 101 Å². The Bertz CT molecular complexity index is 2670. The van der Waals surface area contributed by atoms with Crippen molar-refractivity contribution in [3.63, 3.8) is 0 Å². The van der Waals surface area contributed by atoms with E-state index in [1.54, 1.807) is 21.3 Å². The summed E-state index contributed by atoms with van der Waals surface area (Å²) in [5.74, 6) is 2.64. The van der Waals surface area contributed by atoms with Crippen LogP contribution in [0.2, 0.25) is 0 Å². The monoisotopic (exact) mass is 836 g/mol. The molecule has 2 saturated heterocycles. The van der Waals surface area contributed by atoms with E-state index in [2.05, 4.69) is 0 Å². The zero-order chi connectivity index (χ0) is 41.9. The molecule has 11 rings (SSSR count). The molecule has 0 bridgehead atoms. The van der Waals surface area contributed by atoms with Gasteiger partial charge in [0.15, 0.2) is 0 Å². The summed E-state index contributed by atoms with van der Waals surface area (Å²) in [6.07, 6.45) is 2.49. The van der Waals surface area contributed by atoms with Crippen molar-refractivity contribution in [1.29, 1.82) is 0 Å². The maximum atomic E-state index is 6.73. The van der Waals surface area contributed by atoms with Crippen LogP contribution in [-0.4, -0.2) is 47.8 Å². The number of fused-ring (bicyclic) bond motifs is 10. The number of methoxy groups -OCH3 is 3. The zero-order valence-electron chi connectivity index (χ0n) is 34.5. The molecule has 6 aromatic rings. The molecule has 0 aromatic heterocycles. The quantitative estimate of drug-likeness (QED) is 0.136. The van der Waals surface area contributed by atoms with E-state index in [4.69, 9.17) is 56.8 Å². The summed E-state index contributed by atoms with van der Waals surface area (Å²) < 4.78 is 76.2. The fourth-order valence-electron chi connectivity index (χ4n) is 9.05. The Hall–Kier alpha value is -6.12. The van der Waals surface area contributed by atoms with Gasteiger partial charge in [0.1, 0.15) is 64.1 Å². The molecule has 62 heavy (non-hydrogen) atoms. The first-order chi connectivity index (χ1) is 30.4. The van der Waals surface area contributed by atoms with Crippen molar-refractivity contribution in [2.45, 2.75) is 43.2 Å². The van der Waals surface area contributed by atoms with E-state index in [0.717, 1.165) is 41.5 Å².